The van der Waals surface area contributed by atoms with Crippen LogP contribution in [0.2, 0.25) is 0 Å². The summed E-state index contributed by atoms with van der Waals surface area (Å²) in [4.78, 5) is 23.3. The van der Waals surface area contributed by atoms with E-state index in [1.54, 1.807) is 30.5 Å². The Morgan fingerprint density at radius 3 is 2.40 bits per heavy atom. The number of anilines is 1. The molecule has 0 saturated carbocycles. The number of nitrogens with zero attached hydrogens (tertiary/aromatic N) is 3. The molecule has 1 aromatic carbocycles. The van der Waals surface area contributed by atoms with E-state index in [4.69, 9.17) is 0 Å². The molecule has 0 spiro atoms. The molecular weight excluding hydrogens is 516 g/mol. The summed E-state index contributed by atoms with van der Waals surface area (Å²) in [6.07, 6.45) is 0.426. The van der Waals surface area contributed by atoms with E-state index in [0.29, 0.717) is 32.0 Å². The van der Waals surface area contributed by atoms with Gasteiger partial charge in [0.1, 0.15) is 5.82 Å². The molecule has 1 fully saturated rings. The summed E-state index contributed by atoms with van der Waals surface area (Å²) in [5, 5.41) is 6.48. The van der Waals surface area contributed by atoms with Crippen LogP contribution >= 0.6 is 35.3 Å². The number of amides is 1. The average Bonchev–Trinajstić information content (AvgIpc) is 3.16. The van der Waals surface area contributed by atoms with Gasteiger partial charge < -0.3 is 20.4 Å². The van der Waals surface area contributed by atoms with Crippen LogP contribution in [0.3, 0.4) is 0 Å². The van der Waals surface area contributed by atoms with Gasteiger partial charge in [0.05, 0.1) is 6.54 Å². The number of carbonyl (C=O) groups is 1. The lowest BCUT2D eigenvalue weighted by Crippen LogP contribution is -2.49. The van der Waals surface area contributed by atoms with E-state index in [2.05, 4.69) is 39.6 Å². The Labute approximate surface area is 198 Å². The van der Waals surface area contributed by atoms with Crippen molar-refractivity contribution in [3.05, 3.63) is 52.0 Å². The quantitative estimate of drug-likeness (QED) is 0.333. The lowest BCUT2D eigenvalue weighted by atomic mass is 10.2. The van der Waals surface area contributed by atoms with Crippen LogP contribution in [0.15, 0.2) is 41.4 Å². The van der Waals surface area contributed by atoms with Gasteiger partial charge in [-0.3, -0.25) is 9.79 Å². The van der Waals surface area contributed by atoms with Crippen molar-refractivity contribution in [2.24, 2.45) is 4.99 Å². The van der Waals surface area contributed by atoms with E-state index in [-0.39, 0.29) is 35.7 Å². The molecule has 3 rings (SSSR count). The Hall–Kier alpha value is -1.88. The average molecular weight is 545 g/mol. The molecule has 1 aliphatic heterocycles. The molecule has 30 heavy (non-hydrogen) atoms. The molecule has 6 nitrogen and oxygen atoms in total. The molecule has 2 aromatic rings. The standard InChI is InChI=1S/C21H28FN5OS.HI/c1-16-3-8-19(29-16)15-25-21(23-2)24-10-9-20(28)27-13-11-26(12-14-27)18-6-4-17(22)5-7-18;/h3-8H,9-15H2,1-2H3,(H2,23,24,25);1H. The van der Waals surface area contributed by atoms with Gasteiger partial charge in [-0.15, -0.1) is 35.3 Å². The Balaban J connectivity index is 0.00000320. The third-order valence-corrected chi connectivity index (χ3v) is 5.91. The highest BCUT2D eigenvalue weighted by molar-refractivity contribution is 14.0. The fraction of sp³-hybridized carbons (Fsp3) is 0.429. The monoisotopic (exact) mass is 545 g/mol. The molecule has 9 heteroatoms. The van der Waals surface area contributed by atoms with Crippen molar-refractivity contribution in [3.63, 3.8) is 0 Å². The second kappa shape index (κ2) is 12.1. The van der Waals surface area contributed by atoms with E-state index in [0.717, 1.165) is 25.3 Å². The van der Waals surface area contributed by atoms with Crippen LogP contribution in [0.5, 0.6) is 0 Å². The fourth-order valence-corrected chi connectivity index (χ4v) is 4.11. The minimum Gasteiger partial charge on any atom is -0.368 e. The van der Waals surface area contributed by atoms with Gasteiger partial charge in [0.15, 0.2) is 5.96 Å². The molecule has 164 valence electrons. The summed E-state index contributed by atoms with van der Waals surface area (Å²) in [5.74, 6) is 0.607. The second-order valence-corrected chi connectivity index (χ2v) is 8.33. The summed E-state index contributed by atoms with van der Waals surface area (Å²) in [7, 11) is 1.73. The molecule has 2 N–H and O–H groups in total. The number of hydrogen-bond acceptors (Lipinski definition) is 4. The van der Waals surface area contributed by atoms with Crippen LogP contribution in [0.25, 0.3) is 0 Å². The summed E-state index contributed by atoms with van der Waals surface area (Å²) in [6, 6.07) is 10.7. The number of carbonyl (C=O) groups excluding carboxylic acids is 1. The number of thiophene rings is 1. The van der Waals surface area contributed by atoms with E-state index in [9.17, 15) is 9.18 Å². The topological polar surface area (TPSA) is 60.0 Å². The molecule has 1 aliphatic rings. The Morgan fingerprint density at radius 2 is 1.80 bits per heavy atom. The number of nitrogens with one attached hydrogen (secondary N) is 2. The number of benzene rings is 1. The van der Waals surface area contributed by atoms with Crippen LogP contribution in [0.4, 0.5) is 10.1 Å². The number of guanidine groups is 1. The summed E-state index contributed by atoms with van der Waals surface area (Å²) in [6.45, 7) is 6.23. The van der Waals surface area contributed by atoms with Gasteiger partial charge in [0.25, 0.3) is 0 Å². The number of hydrogen-bond donors (Lipinski definition) is 2. The van der Waals surface area contributed by atoms with Crippen molar-refractivity contribution >= 4 is 52.9 Å². The zero-order valence-corrected chi connectivity index (χ0v) is 20.5. The molecule has 0 unspecified atom stereocenters. The van der Waals surface area contributed by atoms with Crippen molar-refractivity contribution in [2.45, 2.75) is 19.9 Å². The van der Waals surface area contributed by atoms with Gasteiger partial charge in [0.2, 0.25) is 5.91 Å². The van der Waals surface area contributed by atoms with Gasteiger partial charge in [-0.25, -0.2) is 4.39 Å². The maximum Gasteiger partial charge on any atom is 0.224 e. The number of piperazine rings is 1. The van der Waals surface area contributed by atoms with Crippen molar-refractivity contribution in [3.8, 4) is 0 Å². The zero-order chi connectivity index (χ0) is 20.6. The largest absolute Gasteiger partial charge is 0.368 e. The van der Waals surface area contributed by atoms with Crippen LogP contribution in [-0.2, 0) is 11.3 Å². The van der Waals surface area contributed by atoms with E-state index < -0.39 is 0 Å². The first-order valence-electron chi connectivity index (χ1n) is 9.83. The lowest BCUT2D eigenvalue weighted by Gasteiger charge is -2.36. The second-order valence-electron chi connectivity index (χ2n) is 6.96. The first-order valence-corrected chi connectivity index (χ1v) is 10.6. The molecule has 1 aromatic heterocycles. The smallest absolute Gasteiger partial charge is 0.224 e. The van der Waals surface area contributed by atoms with Gasteiger partial charge >= 0.3 is 0 Å². The van der Waals surface area contributed by atoms with E-state index >= 15 is 0 Å². The molecule has 2 heterocycles. The Morgan fingerprint density at radius 1 is 1.10 bits per heavy atom. The lowest BCUT2D eigenvalue weighted by molar-refractivity contribution is -0.131. The summed E-state index contributed by atoms with van der Waals surface area (Å²) >= 11 is 1.76. The maximum absolute atomic E-state index is 13.1. The van der Waals surface area contributed by atoms with Crippen LogP contribution in [0.1, 0.15) is 16.2 Å². The van der Waals surface area contributed by atoms with Gasteiger partial charge in [-0.1, -0.05) is 0 Å². The maximum atomic E-state index is 13.1. The number of halogens is 2. The van der Waals surface area contributed by atoms with Crippen molar-refractivity contribution < 1.29 is 9.18 Å². The van der Waals surface area contributed by atoms with E-state index in [1.807, 2.05) is 4.90 Å². The first-order chi connectivity index (χ1) is 14.0. The highest BCUT2D eigenvalue weighted by Gasteiger charge is 2.21. The van der Waals surface area contributed by atoms with Crippen molar-refractivity contribution in [2.75, 3.05) is 44.7 Å². The van der Waals surface area contributed by atoms with Crippen LogP contribution in [-0.4, -0.2) is 56.5 Å². The minimum absolute atomic E-state index is 0. The van der Waals surface area contributed by atoms with Crippen LogP contribution in [0, 0.1) is 12.7 Å². The predicted molar refractivity (Wildman–Crippen MR) is 132 cm³/mol. The molecule has 0 radical (unpaired) electrons. The Bertz CT molecular complexity index is 834. The van der Waals surface area contributed by atoms with E-state index in [1.165, 1.54) is 21.9 Å². The molecule has 1 saturated heterocycles. The summed E-state index contributed by atoms with van der Waals surface area (Å²) in [5.41, 5.74) is 0.996. The molecule has 0 aliphatic carbocycles. The number of rotatable bonds is 6. The first kappa shape index (κ1) is 24.4. The molecular formula is C21H29FIN5OS. The van der Waals surface area contributed by atoms with Crippen LogP contribution < -0.4 is 15.5 Å². The SMILES string of the molecule is CN=C(NCCC(=O)N1CCN(c2ccc(F)cc2)CC1)NCc1ccc(C)s1.I. The van der Waals surface area contributed by atoms with Gasteiger partial charge in [0, 0.05) is 61.6 Å². The number of aliphatic imine (C=N–C) groups is 1. The van der Waals surface area contributed by atoms with Gasteiger partial charge in [-0.05, 0) is 43.3 Å². The van der Waals surface area contributed by atoms with Crippen molar-refractivity contribution in [1.29, 1.82) is 0 Å². The highest BCUT2D eigenvalue weighted by Crippen LogP contribution is 2.17. The summed E-state index contributed by atoms with van der Waals surface area (Å²) < 4.78 is 13.1. The minimum atomic E-state index is -0.231. The highest BCUT2D eigenvalue weighted by atomic mass is 127. The molecule has 1 amide bonds. The third kappa shape index (κ3) is 7.12. The number of aryl methyl sites for hydroxylation is 1. The van der Waals surface area contributed by atoms with Gasteiger partial charge in [-0.2, -0.15) is 0 Å². The molecule has 0 bridgehead atoms. The third-order valence-electron chi connectivity index (χ3n) is 4.91. The normalized spacial score (nSPS) is 14.3. The fourth-order valence-electron chi connectivity index (χ4n) is 3.28. The Kier molecular flexibility index (Phi) is 9.83. The van der Waals surface area contributed by atoms with Crippen molar-refractivity contribution in [1.82, 2.24) is 15.5 Å². The molecule has 0 atom stereocenters. The predicted octanol–water partition coefficient (Wildman–Crippen LogP) is 3.22. The zero-order valence-electron chi connectivity index (χ0n) is 17.4.